The van der Waals surface area contributed by atoms with E-state index in [2.05, 4.69) is 66.6 Å². The van der Waals surface area contributed by atoms with Crippen LogP contribution in [0.1, 0.15) is 52.4 Å². The summed E-state index contributed by atoms with van der Waals surface area (Å²) in [5.74, 6) is 0.584. The first-order chi connectivity index (χ1) is 16.4. The number of carbonyl (C=O) groups excluding carboxylic acids is 2. The minimum absolute atomic E-state index is 0.181. The maximum atomic E-state index is 12.6. The number of urea groups is 1. The van der Waals surface area contributed by atoms with E-state index in [1.54, 1.807) is 11.9 Å². The van der Waals surface area contributed by atoms with E-state index in [1.807, 2.05) is 0 Å². The van der Waals surface area contributed by atoms with Crippen LogP contribution in [-0.2, 0) is 4.79 Å². The Balaban J connectivity index is 1.36. The van der Waals surface area contributed by atoms with Crippen LogP contribution >= 0.6 is 0 Å². The largest absolute Gasteiger partial charge is 0.324 e. The van der Waals surface area contributed by atoms with Gasteiger partial charge in [-0.1, -0.05) is 42.0 Å². The summed E-state index contributed by atoms with van der Waals surface area (Å²) in [6.45, 7) is 7.94. The van der Waals surface area contributed by atoms with Gasteiger partial charge in [-0.25, -0.2) is 4.79 Å². The molecule has 0 bridgehead atoms. The molecule has 3 fully saturated rings. The van der Waals surface area contributed by atoms with Crippen molar-refractivity contribution in [3.05, 3.63) is 59.3 Å². The average Bonchev–Trinajstić information content (AvgIpc) is 3.30. The number of imide groups is 1. The lowest BCUT2D eigenvalue weighted by Crippen LogP contribution is -2.45. The molecule has 0 aromatic rings. The van der Waals surface area contributed by atoms with E-state index in [1.165, 1.54) is 30.4 Å². The summed E-state index contributed by atoms with van der Waals surface area (Å²) in [6, 6.07) is -0.303. The Kier molecular flexibility index (Phi) is 7.67. The fraction of sp³-hybridized carbons (Fsp3) is 0.536. The number of allylic oxidation sites excluding steroid dienone is 6. The van der Waals surface area contributed by atoms with Crippen LogP contribution in [0.25, 0.3) is 0 Å². The highest BCUT2D eigenvalue weighted by molar-refractivity contribution is 6.08. The van der Waals surface area contributed by atoms with Crippen LogP contribution in [0.3, 0.4) is 0 Å². The quantitative estimate of drug-likeness (QED) is 0.480. The van der Waals surface area contributed by atoms with E-state index >= 15 is 0 Å². The Morgan fingerprint density at radius 3 is 2.56 bits per heavy atom. The maximum absolute atomic E-state index is 12.6. The molecule has 4 aliphatic rings. The van der Waals surface area contributed by atoms with E-state index in [4.69, 9.17) is 4.99 Å². The highest BCUT2D eigenvalue weighted by Gasteiger charge is 2.55. The van der Waals surface area contributed by atoms with Gasteiger partial charge in [0.2, 0.25) is 0 Å². The van der Waals surface area contributed by atoms with Gasteiger partial charge in [-0.3, -0.25) is 20.0 Å². The zero-order valence-corrected chi connectivity index (χ0v) is 20.8. The molecule has 3 aliphatic heterocycles. The molecule has 1 spiro atoms. The summed E-state index contributed by atoms with van der Waals surface area (Å²) >= 11 is 0. The van der Waals surface area contributed by atoms with E-state index < -0.39 is 5.54 Å². The van der Waals surface area contributed by atoms with Crippen molar-refractivity contribution >= 4 is 17.6 Å². The van der Waals surface area contributed by atoms with Gasteiger partial charge in [-0.15, -0.1) is 0 Å². The van der Waals surface area contributed by atoms with Crippen LogP contribution in [0.4, 0.5) is 4.79 Å². The lowest BCUT2D eigenvalue weighted by atomic mass is 9.89. The van der Waals surface area contributed by atoms with Gasteiger partial charge in [0.1, 0.15) is 5.54 Å². The summed E-state index contributed by atoms with van der Waals surface area (Å²) in [5, 5.41) is 2.48. The van der Waals surface area contributed by atoms with Crippen LogP contribution in [0, 0.1) is 5.92 Å². The standard InChI is InChI=1S/C28H38N4O2/c1-4-8-21(5-2)17-22-12-15-32(16-13-22)20-25-10-7-6-9-23-18-28(19-24(23)11-14-29-25)26(33)30-27(34)31(28)3/h4-5,7-11,22H,6,12-20H2,1-3H3,(H,30,33,34)/b8-4-,10-7-,21-5+,23-9-,24-11-,29-25?. The van der Waals surface area contributed by atoms with E-state index in [-0.39, 0.29) is 11.9 Å². The third-order valence-corrected chi connectivity index (χ3v) is 7.78. The predicted molar refractivity (Wildman–Crippen MR) is 138 cm³/mol. The first-order valence-corrected chi connectivity index (χ1v) is 12.6. The van der Waals surface area contributed by atoms with E-state index in [0.29, 0.717) is 19.4 Å². The van der Waals surface area contributed by atoms with Gasteiger partial charge in [-0.2, -0.15) is 0 Å². The fourth-order valence-corrected chi connectivity index (χ4v) is 5.62. The van der Waals surface area contributed by atoms with Crippen LogP contribution < -0.4 is 5.32 Å². The number of likely N-dealkylation sites (N-methyl/N-ethyl adjacent to an activating group) is 1. The second-order valence-electron chi connectivity index (χ2n) is 9.92. The van der Waals surface area contributed by atoms with E-state index in [0.717, 1.165) is 43.3 Å². The third kappa shape index (κ3) is 5.17. The molecule has 1 aliphatic carbocycles. The molecule has 3 amide bonds. The number of nitrogens with zero attached hydrogens (tertiary/aromatic N) is 3. The Labute approximate surface area is 203 Å². The highest BCUT2D eigenvalue weighted by Crippen LogP contribution is 2.44. The number of fused-ring (bicyclic) bond motifs is 1. The number of rotatable bonds is 5. The van der Waals surface area contributed by atoms with Gasteiger partial charge < -0.3 is 4.90 Å². The molecule has 6 nitrogen and oxygen atoms in total. The molecule has 1 N–H and O–H groups in total. The van der Waals surface area contributed by atoms with Crippen LogP contribution in [0.2, 0.25) is 0 Å². The maximum Gasteiger partial charge on any atom is 0.324 e. The van der Waals surface area contributed by atoms with Crippen LogP contribution in [-0.4, -0.2) is 66.2 Å². The van der Waals surface area contributed by atoms with Gasteiger partial charge in [0.15, 0.2) is 0 Å². The molecule has 0 aromatic heterocycles. The number of amides is 3. The summed E-state index contributed by atoms with van der Waals surface area (Å²) in [4.78, 5) is 33.7. The van der Waals surface area contributed by atoms with Gasteiger partial charge in [-0.05, 0) is 75.8 Å². The molecule has 182 valence electrons. The van der Waals surface area contributed by atoms with Crippen molar-refractivity contribution in [1.82, 2.24) is 15.1 Å². The first-order valence-electron chi connectivity index (χ1n) is 12.6. The topological polar surface area (TPSA) is 65.0 Å². The second-order valence-corrected chi connectivity index (χ2v) is 9.92. The molecule has 3 heterocycles. The van der Waals surface area contributed by atoms with Crippen molar-refractivity contribution < 1.29 is 9.59 Å². The number of aliphatic imine (C=N–C) groups is 1. The number of carbonyl (C=O) groups is 2. The van der Waals surface area contributed by atoms with Crippen molar-refractivity contribution in [1.29, 1.82) is 0 Å². The molecular formula is C28H38N4O2. The molecule has 1 atom stereocenters. The zero-order valence-electron chi connectivity index (χ0n) is 20.8. The normalized spacial score (nSPS) is 31.2. The summed E-state index contributed by atoms with van der Waals surface area (Å²) in [6.07, 6.45) is 20.9. The number of hydrogen-bond donors (Lipinski definition) is 1. The monoisotopic (exact) mass is 462 g/mol. The minimum atomic E-state index is -0.775. The van der Waals surface area contributed by atoms with E-state index in [9.17, 15) is 9.59 Å². The van der Waals surface area contributed by atoms with Crippen molar-refractivity contribution in [2.24, 2.45) is 10.9 Å². The Bertz CT molecular complexity index is 992. The molecular weight excluding hydrogens is 424 g/mol. The number of hydrogen-bond acceptors (Lipinski definition) is 4. The SMILES string of the molecule is C/C=C\C(=C/C)CC1CCN(CC2=NC/C=C3/CC4(C/C3=C/C/C=C\2)C(=O)NC(=O)N4C)CC1. The molecule has 4 rings (SSSR count). The number of nitrogens with one attached hydrogen (secondary N) is 1. The molecule has 1 unspecified atom stereocenters. The second kappa shape index (κ2) is 10.7. The van der Waals surface area contributed by atoms with Crippen LogP contribution in [0.5, 0.6) is 0 Å². The Morgan fingerprint density at radius 2 is 1.91 bits per heavy atom. The smallest absolute Gasteiger partial charge is 0.312 e. The summed E-state index contributed by atoms with van der Waals surface area (Å²) < 4.78 is 0. The van der Waals surface area contributed by atoms with Crippen molar-refractivity contribution in [2.75, 3.05) is 33.2 Å². The Morgan fingerprint density at radius 1 is 1.18 bits per heavy atom. The average molecular weight is 463 g/mol. The fourth-order valence-electron chi connectivity index (χ4n) is 5.62. The van der Waals surface area contributed by atoms with Crippen molar-refractivity contribution in [3.8, 4) is 0 Å². The van der Waals surface area contributed by atoms with Gasteiger partial charge in [0, 0.05) is 32.1 Å². The molecule has 0 aromatic carbocycles. The van der Waals surface area contributed by atoms with Gasteiger partial charge in [0.25, 0.3) is 5.91 Å². The number of piperidine rings is 1. The lowest BCUT2D eigenvalue weighted by molar-refractivity contribution is -0.125. The van der Waals surface area contributed by atoms with Crippen molar-refractivity contribution in [2.45, 2.75) is 57.9 Å². The molecule has 2 saturated heterocycles. The zero-order chi connectivity index (χ0) is 24.1. The number of likely N-dealkylation sites (tertiary alicyclic amines) is 1. The van der Waals surface area contributed by atoms with Gasteiger partial charge >= 0.3 is 6.03 Å². The predicted octanol–water partition coefficient (Wildman–Crippen LogP) is 4.58. The summed E-state index contributed by atoms with van der Waals surface area (Å²) in [7, 11) is 1.72. The van der Waals surface area contributed by atoms with Gasteiger partial charge in [0.05, 0.1) is 6.54 Å². The molecule has 0 radical (unpaired) electrons. The third-order valence-electron chi connectivity index (χ3n) is 7.78. The lowest BCUT2D eigenvalue weighted by Gasteiger charge is -2.32. The first kappa shape index (κ1) is 24.4. The molecule has 34 heavy (non-hydrogen) atoms. The Hall–Kier alpha value is -2.73. The minimum Gasteiger partial charge on any atom is -0.312 e. The highest BCUT2D eigenvalue weighted by atomic mass is 16.2. The summed E-state index contributed by atoms with van der Waals surface area (Å²) in [5.41, 5.74) is 4.11. The van der Waals surface area contributed by atoms with Crippen molar-refractivity contribution in [3.63, 3.8) is 0 Å². The molecule has 6 heteroatoms. The van der Waals surface area contributed by atoms with Crippen LogP contribution in [0.15, 0.2) is 64.2 Å². The molecule has 1 saturated carbocycles.